The summed E-state index contributed by atoms with van der Waals surface area (Å²) >= 11 is 6.03. The van der Waals surface area contributed by atoms with Crippen LogP contribution in [0.5, 0.6) is 0 Å². The molecule has 0 radical (unpaired) electrons. The van der Waals surface area contributed by atoms with E-state index in [0.29, 0.717) is 21.8 Å². The summed E-state index contributed by atoms with van der Waals surface area (Å²) in [4.78, 5) is 17.0. The molecule has 6 nitrogen and oxygen atoms in total. The third-order valence-corrected chi connectivity index (χ3v) is 7.11. The summed E-state index contributed by atoms with van der Waals surface area (Å²) in [6.07, 6.45) is 3.06. The van der Waals surface area contributed by atoms with Crippen molar-refractivity contribution >= 4 is 45.3 Å². The molecule has 1 aliphatic rings. The van der Waals surface area contributed by atoms with Gasteiger partial charge < -0.3 is 4.74 Å². The first kappa shape index (κ1) is 23.5. The largest absolute Gasteiger partial charge is 0.402 e. The zero-order valence-electron chi connectivity index (χ0n) is 18.3. The van der Waals surface area contributed by atoms with Gasteiger partial charge in [0.15, 0.2) is 5.70 Å². The van der Waals surface area contributed by atoms with Crippen LogP contribution in [-0.2, 0) is 19.6 Å². The predicted molar refractivity (Wildman–Crippen MR) is 134 cm³/mol. The smallest absolute Gasteiger partial charge is 0.363 e. The number of benzene rings is 3. The van der Waals surface area contributed by atoms with Crippen LogP contribution in [0.3, 0.4) is 0 Å². The van der Waals surface area contributed by atoms with Crippen LogP contribution in [-0.4, -0.2) is 26.8 Å². The summed E-state index contributed by atoms with van der Waals surface area (Å²) in [6, 6.07) is 20.3. The van der Waals surface area contributed by atoms with E-state index in [1.807, 2.05) is 6.92 Å². The molecule has 0 amide bonds. The molecular weight excluding hydrogens is 472 g/mol. The van der Waals surface area contributed by atoms with Gasteiger partial charge in [0.1, 0.15) is 0 Å². The van der Waals surface area contributed by atoms with Crippen LogP contribution in [0.2, 0.25) is 5.02 Å². The standard InChI is InChI=1S/C26H21ClN2O4S/c1-3-15-29(34(31,32)21-13-11-18(2)12-14-21)24-10-5-4-9-22(24)25-28-23(26(30)33-25)17-19-7-6-8-20(27)16-19/h3-14,16-17H,1,15H2,2H3/b23-17-. The van der Waals surface area contributed by atoms with E-state index in [9.17, 15) is 13.2 Å². The second-order valence-electron chi connectivity index (χ2n) is 7.55. The van der Waals surface area contributed by atoms with Gasteiger partial charge in [-0.25, -0.2) is 18.2 Å². The van der Waals surface area contributed by atoms with Crippen molar-refractivity contribution in [1.29, 1.82) is 0 Å². The summed E-state index contributed by atoms with van der Waals surface area (Å²) < 4.78 is 33.7. The van der Waals surface area contributed by atoms with Gasteiger partial charge in [-0.05, 0) is 55.0 Å². The van der Waals surface area contributed by atoms with Crippen LogP contribution in [0.4, 0.5) is 5.69 Å². The number of para-hydroxylation sites is 1. The van der Waals surface area contributed by atoms with E-state index in [2.05, 4.69) is 11.6 Å². The van der Waals surface area contributed by atoms with E-state index in [4.69, 9.17) is 16.3 Å². The van der Waals surface area contributed by atoms with Gasteiger partial charge >= 0.3 is 5.97 Å². The van der Waals surface area contributed by atoms with Crippen LogP contribution in [0, 0.1) is 6.92 Å². The molecule has 0 saturated heterocycles. The van der Waals surface area contributed by atoms with Crippen molar-refractivity contribution in [2.24, 2.45) is 4.99 Å². The number of hydrogen-bond acceptors (Lipinski definition) is 5. The van der Waals surface area contributed by atoms with Gasteiger partial charge in [-0.3, -0.25) is 4.31 Å². The molecular formula is C26H21ClN2O4S. The number of aliphatic imine (C=N–C) groups is 1. The lowest BCUT2D eigenvalue weighted by Crippen LogP contribution is -2.32. The molecule has 34 heavy (non-hydrogen) atoms. The van der Waals surface area contributed by atoms with Crippen molar-refractivity contribution in [2.45, 2.75) is 11.8 Å². The molecule has 1 aliphatic heterocycles. The average Bonchev–Trinajstić information content (AvgIpc) is 3.17. The van der Waals surface area contributed by atoms with Crippen molar-refractivity contribution in [3.63, 3.8) is 0 Å². The molecule has 0 aromatic heterocycles. The molecule has 0 unspecified atom stereocenters. The van der Waals surface area contributed by atoms with Crippen molar-refractivity contribution in [3.05, 3.63) is 113 Å². The Labute approximate surface area is 203 Å². The van der Waals surface area contributed by atoms with E-state index in [-0.39, 0.29) is 23.0 Å². The van der Waals surface area contributed by atoms with Crippen LogP contribution in [0.25, 0.3) is 6.08 Å². The highest BCUT2D eigenvalue weighted by molar-refractivity contribution is 7.92. The van der Waals surface area contributed by atoms with Crippen LogP contribution < -0.4 is 4.31 Å². The lowest BCUT2D eigenvalue weighted by atomic mass is 10.1. The normalized spacial score (nSPS) is 14.6. The van der Waals surface area contributed by atoms with E-state index in [1.165, 1.54) is 10.4 Å². The Kier molecular flexibility index (Phi) is 6.68. The number of cyclic esters (lactones) is 1. The minimum Gasteiger partial charge on any atom is -0.402 e. The minimum absolute atomic E-state index is 0.0136. The van der Waals surface area contributed by atoms with Gasteiger partial charge in [-0.2, -0.15) is 0 Å². The van der Waals surface area contributed by atoms with Crippen molar-refractivity contribution in [1.82, 2.24) is 0 Å². The fraction of sp³-hybridized carbons (Fsp3) is 0.0769. The lowest BCUT2D eigenvalue weighted by molar-refractivity contribution is -0.129. The molecule has 3 aromatic carbocycles. The maximum atomic E-state index is 13.5. The number of halogens is 1. The quantitative estimate of drug-likeness (QED) is 0.252. The first-order chi connectivity index (χ1) is 16.3. The number of anilines is 1. The summed E-state index contributed by atoms with van der Waals surface area (Å²) in [7, 11) is -3.93. The monoisotopic (exact) mass is 492 g/mol. The Morgan fingerprint density at radius 1 is 1.06 bits per heavy atom. The zero-order chi connectivity index (χ0) is 24.3. The van der Waals surface area contributed by atoms with Crippen molar-refractivity contribution in [3.8, 4) is 0 Å². The highest BCUT2D eigenvalue weighted by atomic mass is 35.5. The summed E-state index contributed by atoms with van der Waals surface area (Å²) in [5.41, 5.74) is 2.40. The maximum absolute atomic E-state index is 13.5. The Morgan fingerprint density at radius 2 is 1.79 bits per heavy atom. The zero-order valence-corrected chi connectivity index (χ0v) is 19.9. The SMILES string of the molecule is C=CCN(c1ccccc1C1=N/C(=C\c2cccc(Cl)c2)C(=O)O1)S(=O)(=O)c1ccc(C)cc1. The minimum atomic E-state index is -3.93. The van der Waals surface area contributed by atoms with Gasteiger partial charge in [0.2, 0.25) is 5.90 Å². The first-order valence-corrected chi connectivity index (χ1v) is 12.2. The summed E-state index contributed by atoms with van der Waals surface area (Å²) in [6.45, 7) is 5.61. The number of aryl methyl sites for hydroxylation is 1. The molecule has 0 saturated carbocycles. The van der Waals surface area contributed by atoms with Crippen LogP contribution >= 0.6 is 11.6 Å². The Morgan fingerprint density at radius 3 is 2.50 bits per heavy atom. The number of sulfonamides is 1. The van der Waals surface area contributed by atoms with Gasteiger partial charge in [0, 0.05) is 5.02 Å². The number of carbonyl (C=O) groups is 1. The third-order valence-electron chi connectivity index (χ3n) is 5.08. The van der Waals surface area contributed by atoms with Gasteiger partial charge in [-0.15, -0.1) is 6.58 Å². The van der Waals surface area contributed by atoms with Crippen molar-refractivity contribution in [2.75, 3.05) is 10.8 Å². The van der Waals surface area contributed by atoms with E-state index < -0.39 is 16.0 Å². The molecule has 1 heterocycles. The number of hydrogen-bond donors (Lipinski definition) is 0. The number of esters is 1. The summed E-state index contributed by atoms with van der Waals surface area (Å²) in [5, 5.41) is 0.525. The number of rotatable bonds is 7. The number of carbonyl (C=O) groups excluding carboxylic acids is 1. The highest BCUT2D eigenvalue weighted by Gasteiger charge is 2.31. The van der Waals surface area contributed by atoms with Gasteiger partial charge in [0.05, 0.1) is 22.7 Å². The van der Waals surface area contributed by atoms with E-state index in [0.717, 1.165) is 5.56 Å². The molecule has 172 valence electrons. The Bertz CT molecular complexity index is 1430. The second-order valence-corrected chi connectivity index (χ2v) is 9.84. The highest BCUT2D eigenvalue weighted by Crippen LogP contribution is 2.30. The summed E-state index contributed by atoms with van der Waals surface area (Å²) in [5.74, 6) is -0.622. The first-order valence-electron chi connectivity index (χ1n) is 10.4. The Balaban J connectivity index is 1.78. The maximum Gasteiger partial charge on any atom is 0.363 e. The number of nitrogens with zero attached hydrogens (tertiary/aromatic N) is 2. The molecule has 0 N–H and O–H groups in total. The molecule has 0 aliphatic carbocycles. The third kappa shape index (κ3) is 4.81. The average molecular weight is 493 g/mol. The fourth-order valence-corrected chi connectivity index (χ4v) is 5.08. The molecule has 0 spiro atoms. The molecule has 0 atom stereocenters. The van der Waals surface area contributed by atoms with Crippen LogP contribution in [0.1, 0.15) is 16.7 Å². The molecule has 8 heteroatoms. The fourth-order valence-electron chi connectivity index (χ4n) is 3.43. The Hall–Kier alpha value is -3.68. The van der Waals surface area contributed by atoms with Gasteiger partial charge in [0.25, 0.3) is 10.0 Å². The number of ether oxygens (including phenoxy) is 1. The molecule has 0 fully saturated rings. The topological polar surface area (TPSA) is 76.0 Å². The van der Waals surface area contributed by atoms with Crippen molar-refractivity contribution < 1.29 is 17.9 Å². The van der Waals surface area contributed by atoms with Crippen LogP contribution in [0.15, 0.2) is 101 Å². The predicted octanol–water partition coefficient (Wildman–Crippen LogP) is 5.37. The second kappa shape index (κ2) is 9.67. The van der Waals surface area contributed by atoms with E-state index >= 15 is 0 Å². The molecule has 3 aromatic rings. The lowest BCUT2D eigenvalue weighted by Gasteiger charge is -2.25. The van der Waals surface area contributed by atoms with E-state index in [1.54, 1.807) is 78.9 Å². The molecule has 4 rings (SSSR count). The molecule has 0 bridgehead atoms. The van der Waals surface area contributed by atoms with Gasteiger partial charge in [-0.1, -0.05) is 59.6 Å².